The third-order valence-corrected chi connectivity index (χ3v) is 3.67. The van der Waals surface area contributed by atoms with Crippen molar-refractivity contribution in [2.45, 2.75) is 4.90 Å². The largest absolute Gasteiger partial charge is 0.466 e. The van der Waals surface area contributed by atoms with Crippen molar-refractivity contribution in [1.29, 1.82) is 0 Å². The Bertz CT molecular complexity index is 790. The molecule has 1 aromatic heterocycles. The SMILES string of the molecule is COc1n[nH]c(NS(=O)(=O)c2cccc(F)c2[N+](=O)[O-])n1. The number of rotatable bonds is 5. The maximum absolute atomic E-state index is 13.4. The summed E-state index contributed by atoms with van der Waals surface area (Å²) in [7, 11) is -3.16. The van der Waals surface area contributed by atoms with Gasteiger partial charge in [-0.25, -0.2) is 18.2 Å². The molecular weight excluding hydrogens is 309 g/mol. The number of methoxy groups -OCH3 is 1. The first-order chi connectivity index (χ1) is 9.85. The van der Waals surface area contributed by atoms with Crippen LogP contribution in [-0.2, 0) is 10.0 Å². The first kappa shape index (κ1) is 14.6. The average molecular weight is 317 g/mol. The Morgan fingerprint density at radius 3 is 2.76 bits per heavy atom. The molecule has 0 spiro atoms. The van der Waals surface area contributed by atoms with Crippen LogP contribution in [-0.4, -0.2) is 35.6 Å². The van der Waals surface area contributed by atoms with Crippen molar-refractivity contribution in [2.24, 2.45) is 0 Å². The quantitative estimate of drug-likeness (QED) is 0.609. The molecule has 1 aromatic carbocycles. The summed E-state index contributed by atoms with van der Waals surface area (Å²) in [4.78, 5) is 12.5. The van der Waals surface area contributed by atoms with Crippen LogP contribution in [0.4, 0.5) is 16.0 Å². The number of nitrogens with one attached hydrogen (secondary N) is 2. The fourth-order valence-corrected chi connectivity index (χ4v) is 2.60. The predicted molar refractivity (Wildman–Crippen MR) is 66.8 cm³/mol. The van der Waals surface area contributed by atoms with Crippen molar-refractivity contribution in [3.05, 3.63) is 34.1 Å². The molecule has 0 aliphatic carbocycles. The molecule has 0 bridgehead atoms. The minimum absolute atomic E-state index is 0.138. The number of halogens is 1. The molecule has 0 unspecified atom stereocenters. The maximum Gasteiger partial charge on any atom is 0.336 e. The minimum Gasteiger partial charge on any atom is -0.466 e. The van der Waals surface area contributed by atoms with Crippen LogP contribution in [0.15, 0.2) is 23.1 Å². The Morgan fingerprint density at radius 2 is 2.19 bits per heavy atom. The van der Waals surface area contributed by atoms with Gasteiger partial charge in [0.25, 0.3) is 10.0 Å². The van der Waals surface area contributed by atoms with E-state index in [-0.39, 0.29) is 12.0 Å². The highest BCUT2D eigenvalue weighted by Gasteiger charge is 2.30. The van der Waals surface area contributed by atoms with Crippen LogP contribution in [0, 0.1) is 15.9 Å². The molecule has 12 heteroatoms. The molecule has 0 aliphatic rings. The van der Waals surface area contributed by atoms with Crippen LogP contribution in [0.2, 0.25) is 0 Å². The van der Waals surface area contributed by atoms with Gasteiger partial charge < -0.3 is 4.74 Å². The van der Waals surface area contributed by atoms with Gasteiger partial charge in [0.15, 0.2) is 4.90 Å². The number of aromatic nitrogens is 3. The van der Waals surface area contributed by atoms with E-state index >= 15 is 0 Å². The first-order valence-corrected chi connectivity index (χ1v) is 6.75. The molecule has 10 nitrogen and oxygen atoms in total. The number of hydrogen-bond donors (Lipinski definition) is 2. The molecule has 21 heavy (non-hydrogen) atoms. The van der Waals surface area contributed by atoms with Gasteiger partial charge in [0.1, 0.15) is 0 Å². The topological polar surface area (TPSA) is 140 Å². The van der Waals surface area contributed by atoms with E-state index in [1.807, 2.05) is 4.72 Å². The standard InChI is InChI=1S/C9H8FN5O5S/c1-20-9-11-8(12-13-9)14-21(18,19)6-4-2-3-5(10)7(6)15(16)17/h2-4H,1H3,(H2,11,12,13,14). The number of H-pyrrole nitrogens is 1. The second kappa shape index (κ2) is 5.32. The smallest absolute Gasteiger partial charge is 0.336 e. The molecular formula is C9H8FN5O5S. The van der Waals surface area contributed by atoms with Crippen LogP contribution < -0.4 is 9.46 Å². The first-order valence-electron chi connectivity index (χ1n) is 5.27. The van der Waals surface area contributed by atoms with Crippen molar-refractivity contribution in [1.82, 2.24) is 15.2 Å². The fraction of sp³-hybridized carbons (Fsp3) is 0.111. The van der Waals surface area contributed by atoms with Crippen molar-refractivity contribution in [3.8, 4) is 6.01 Å². The molecule has 2 rings (SSSR count). The third-order valence-electron chi connectivity index (χ3n) is 2.30. The second-order valence-corrected chi connectivity index (χ2v) is 5.27. The maximum atomic E-state index is 13.4. The Hall–Kier alpha value is -2.76. The molecule has 0 fully saturated rings. The van der Waals surface area contributed by atoms with Crippen molar-refractivity contribution < 1.29 is 22.5 Å². The van der Waals surface area contributed by atoms with Gasteiger partial charge in [-0.05, 0) is 12.1 Å². The van der Waals surface area contributed by atoms with Crippen molar-refractivity contribution in [3.63, 3.8) is 0 Å². The number of para-hydroxylation sites is 1. The van der Waals surface area contributed by atoms with Crippen LogP contribution in [0.25, 0.3) is 0 Å². The van der Waals surface area contributed by atoms with E-state index in [9.17, 15) is 22.9 Å². The number of nitro groups is 1. The van der Waals surface area contributed by atoms with E-state index in [0.29, 0.717) is 0 Å². The number of ether oxygens (including phenoxy) is 1. The zero-order chi connectivity index (χ0) is 15.6. The van der Waals surface area contributed by atoms with Gasteiger partial charge in [0.05, 0.1) is 12.0 Å². The summed E-state index contributed by atoms with van der Waals surface area (Å²) in [6.07, 6.45) is 0. The molecule has 0 atom stereocenters. The van der Waals surface area contributed by atoms with E-state index in [4.69, 9.17) is 0 Å². The van der Waals surface area contributed by atoms with Gasteiger partial charge in [-0.2, -0.15) is 9.37 Å². The summed E-state index contributed by atoms with van der Waals surface area (Å²) in [5.41, 5.74) is -1.16. The third kappa shape index (κ3) is 2.89. The summed E-state index contributed by atoms with van der Waals surface area (Å²) in [6, 6.07) is 2.59. The minimum atomic E-state index is -4.43. The van der Waals surface area contributed by atoms with Gasteiger partial charge in [-0.3, -0.25) is 10.1 Å². The highest BCUT2D eigenvalue weighted by atomic mass is 32.2. The Labute approximate surface area is 117 Å². The Morgan fingerprint density at radius 1 is 1.48 bits per heavy atom. The lowest BCUT2D eigenvalue weighted by atomic mass is 10.3. The number of benzene rings is 1. The summed E-state index contributed by atoms with van der Waals surface area (Å²) in [6.45, 7) is 0. The molecule has 1 heterocycles. The molecule has 112 valence electrons. The molecule has 0 saturated heterocycles. The van der Waals surface area contributed by atoms with Gasteiger partial charge >= 0.3 is 11.7 Å². The fourth-order valence-electron chi connectivity index (χ4n) is 1.46. The average Bonchev–Trinajstić information content (AvgIpc) is 2.85. The zero-order valence-electron chi connectivity index (χ0n) is 10.4. The van der Waals surface area contributed by atoms with E-state index in [2.05, 4.69) is 19.9 Å². The molecule has 2 N–H and O–H groups in total. The number of hydrogen-bond acceptors (Lipinski definition) is 7. The predicted octanol–water partition coefficient (Wildman–Crippen LogP) is 0.661. The highest BCUT2D eigenvalue weighted by molar-refractivity contribution is 7.92. The Balaban J connectivity index is 2.45. The summed E-state index contributed by atoms with van der Waals surface area (Å²) in [5.74, 6) is -1.59. The van der Waals surface area contributed by atoms with E-state index < -0.39 is 31.3 Å². The van der Waals surface area contributed by atoms with Crippen LogP contribution >= 0.6 is 0 Å². The van der Waals surface area contributed by atoms with E-state index in [1.54, 1.807) is 0 Å². The molecule has 2 aromatic rings. The second-order valence-electron chi connectivity index (χ2n) is 3.62. The van der Waals surface area contributed by atoms with Crippen LogP contribution in [0.3, 0.4) is 0 Å². The van der Waals surface area contributed by atoms with Crippen LogP contribution in [0.5, 0.6) is 6.01 Å². The van der Waals surface area contributed by atoms with Crippen LogP contribution in [0.1, 0.15) is 0 Å². The summed E-state index contributed by atoms with van der Waals surface area (Å²) >= 11 is 0. The summed E-state index contributed by atoms with van der Waals surface area (Å²) < 4.78 is 44.1. The molecule has 0 aliphatic heterocycles. The van der Waals surface area contributed by atoms with Crippen molar-refractivity contribution in [2.75, 3.05) is 11.8 Å². The van der Waals surface area contributed by atoms with Gasteiger partial charge in [0.2, 0.25) is 11.8 Å². The number of anilines is 1. The molecule has 0 saturated carbocycles. The lowest BCUT2D eigenvalue weighted by molar-refractivity contribution is -0.390. The Kier molecular flexibility index (Phi) is 3.71. The summed E-state index contributed by atoms with van der Waals surface area (Å²) in [5, 5.41) is 16.5. The number of sulfonamides is 1. The number of aromatic amines is 1. The van der Waals surface area contributed by atoms with E-state index in [0.717, 1.165) is 18.2 Å². The van der Waals surface area contributed by atoms with Gasteiger partial charge in [0, 0.05) is 0 Å². The number of nitrogens with zero attached hydrogens (tertiary/aromatic N) is 3. The van der Waals surface area contributed by atoms with Gasteiger partial charge in [-0.15, -0.1) is 5.10 Å². The lowest BCUT2D eigenvalue weighted by Crippen LogP contribution is -2.16. The zero-order valence-corrected chi connectivity index (χ0v) is 11.2. The highest BCUT2D eigenvalue weighted by Crippen LogP contribution is 2.27. The lowest BCUT2D eigenvalue weighted by Gasteiger charge is -2.05. The van der Waals surface area contributed by atoms with Crippen molar-refractivity contribution >= 4 is 21.7 Å². The molecule has 0 radical (unpaired) electrons. The van der Waals surface area contributed by atoms with E-state index in [1.165, 1.54) is 7.11 Å². The monoisotopic (exact) mass is 317 g/mol. The van der Waals surface area contributed by atoms with Gasteiger partial charge in [-0.1, -0.05) is 6.07 Å². The number of nitro benzene ring substituents is 1. The normalized spacial score (nSPS) is 11.1. The molecule has 0 amide bonds.